The Kier molecular flexibility index (Phi) is 5.38. The quantitative estimate of drug-likeness (QED) is 0.899. The minimum Gasteiger partial charge on any atom is -0.489 e. The summed E-state index contributed by atoms with van der Waals surface area (Å²) < 4.78 is 6.89. The topological polar surface area (TPSA) is 59.0 Å². The van der Waals surface area contributed by atoms with Crippen LogP contribution < -0.4 is 10.5 Å². The zero-order valence-corrected chi connectivity index (χ0v) is 13.5. The van der Waals surface area contributed by atoms with E-state index < -0.39 is 0 Å². The predicted octanol–water partition coefficient (Wildman–Crippen LogP) is 3.71. The highest BCUT2D eigenvalue weighted by Crippen LogP contribution is 2.24. The first-order chi connectivity index (χ1) is 10.1. The van der Waals surface area contributed by atoms with E-state index in [-0.39, 0.29) is 0 Å². The lowest BCUT2D eigenvalue weighted by Crippen LogP contribution is -2.04. The number of ether oxygens (including phenoxy) is 1. The summed E-state index contributed by atoms with van der Waals surface area (Å²) in [5.74, 6) is 0.824. The molecule has 0 amide bonds. The summed E-state index contributed by atoms with van der Waals surface area (Å²) in [6.07, 6.45) is 0.813. The minimum absolute atomic E-state index is 0.487. The Balaban J connectivity index is 2.10. The van der Waals surface area contributed by atoms with Gasteiger partial charge in [-0.25, -0.2) is 0 Å². The van der Waals surface area contributed by atoms with Gasteiger partial charge in [-0.1, -0.05) is 22.0 Å². The van der Waals surface area contributed by atoms with Crippen LogP contribution in [0.4, 0.5) is 0 Å². The van der Waals surface area contributed by atoms with Crippen LogP contribution in [0.3, 0.4) is 0 Å². The molecule has 0 aliphatic heterocycles. The molecule has 0 bridgehead atoms. The molecule has 0 aliphatic rings. The van der Waals surface area contributed by atoms with Gasteiger partial charge in [0.05, 0.1) is 11.6 Å². The Morgan fingerprint density at radius 3 is 2.67 bits per heavy atom. The van der Waals surface area contributed by atoms with Gasteiger partial charge >= 0.3 is 0 Å². The van der Waals surface area contributed by atoms with Crippen LogP contribution in [0, 0.1) is 18.3 Å². The number of nitrogens with zero attached hydrogens (tertiary/aromatic N) is 1. The van der Waals surface area contributed by atoms with Gasteiger partial charge in [0.2, 0.25) is 0 Å². The first kappa shape index (κ1) is 15.6. The van der Waals surface area contributed by atoms with Gasteiger partial charge in [-0.05, 0) is 66.9 Å². The molecule has 21 heavy (non-hydrogen) atoms. The highest BCUT2D eigenvalue weighted by molar-refractivity contribution is 9.10. The molecule has 2 aromatic carbocycles. The van der Waals surface area contributed by atoms with E-state index in [1.165, 1.54) is 0 Å². The number of rotatable bonds is 5. The van der Waals surface area contributed by atoms with Gasteiger partial charge < -0.3 is 10.5 Å². The third kappa shape index (κ3) is 4.07. The smallest absolute Gasteiger partial charge is 0.120 e. The monoisotopic (exact) mass is 344 g/mol. The summed E-state index contributed by atoms with van der Waals surface area (Å²) in [6, 6.07) is 13.7. The molecule has 0 aliphatic carbocycles. The summed E-state index contributed by atoms with van der Waals surface area (Å²) in [5, 5.41) is 8.87. The van der Waals surface area contributed by atoms with Crippen molar-refractivity contribution in [1.82, 2.24) is 0 Å². The Labute approximate surface area is 133 Å². The van der Waals surface area contributed by atoms with Crippen molar-refractivity contribution < 1.29 is 4.74 Å². The van der Waals surface area contributed by atoms with Crippen molar-refractivity contribution in [2.75, 3.05) is 6.54 Å². The first-order valence-electron chi connectivity index (χ1n) is 6.75. The lowest BCUT2D eigenvalue weighted by molar-refractivity contribution is 0.305. The molecule has 0 unspecified atom stereocenters. The third-order valence-electron chi connectivity index (χ3n) is 3.30. The Hall–Kier alpha value is -1.83. The van der Waals surface area contributed by atoms with Gasteiger partial charge in [0, 0.05) is 4.47 Å². The standard InChI is InChI=1S/C17H17BrN2O/c1-12-8-13(10-20)2-3-15(12)11-21-16-4-5-17(18)14(9-16)6-7-19/h2-5,8-9H,6-7,11,19H2,1H3. The van der Waals surface area contributed by atoms with Crippen molar-refractivity contribution in [1.29, 1.82) is 5.26 Å². The molecule has 2 N–H and O–H groups in total. The van der Waals surface area contributed by atoms with E-state index in [4.69, 9.17) is 15.7 Å². The molecule has 0 fully saturated rings. The number of aryl methyl sites for hydroxylation is 1. The normalized spacial score (nSPS) is 10.2. The summed E-state index contributed by atoms with van der Waals surface area (Å²) in [5.41, 5.74) is 9.56. The highest BCUT2D eigenvalue weighted by atomic mass is 79.9. The van der Waals surface area contributed by atoms with E-state index in [0.717, 1.165) is 33.3 Å². The van der Waals surface area contributed by atoms with E-state index >= 15 is 0 Å². The lowest BCUT2D eigenvalue weighted by atomic mass is 10.1. The van der Waals surface area contributed by atoms with Crippen LogP contribution in [-0.4, -0.2) is 6.54 Å². The molecule has 2 aromatic rings. The average Bonchev–Trinajstić information content (AvgIpc) is 2.49. The minimum atomic E-state index is 0.487. The maximum absolute atomic E-state index is 8.87. The number of hydrogen-bond acceptors (Lipinski definition) is 3. The number of halogens is 1. The predicted molar refractivity (Wildman–Crippen MR) is 87.1 cm³/mol. The van der Waals surface area contributed by atoms with Crippen molar-refractivity contribution in [3.63, 3.8) is 0 Å². The molecule has 0 radical (unpaired) electrons. The second-order valence-corrected chi connectivity index (χ2v) is 5.69. The van der Waals surface area contributed by atoms with Gasteiger partial charge in [0.1, 0.15) is 12.4 Å². The van der Waals surface area contributed by atoms with Crippen LogP contribution in [0.1, 0.15) is 22.3 Å². The summed E-state index contributed by atoms with van der Waals surface area (Å²) in [4.78, 5) is 0. The maximum Gasteiger partial charge on any atom is 0.120 e. The van der Waals surface area contributed by atoms with Crippen LogP contribution in [0.5, 0.6) is 5.75 Å². The van der Waals surface area contributed by atoms with Crippen molar-refractivity contribution in [2.45, 2.75) is 20.0 Å². The van der Waals surface area contributed by atoms with Crippen LogP contribution in [0.15, 0.2) is 40.9 Å². The van der Waals surface area contributed by atoms with Crippen molar-refractivity contribution in [3.05, 3.63) is 63.1 Å². The molecule has 4 heteroatoms. The molecular weight excluding hydrogens is 328 g/mol. The fraction of sp³-hybridized carbons (Fsp3) is 0.235. The Morgan fingerprint density at radius 2 is 2.00 bits per heavy atom. The van der Waals surface area contributed by atoms with E-state index in [0.29, 0.717) is 18.7 Å². The fourth-order valence-electron chi connectivity index (χ4n) is 2.08. The summed E-state index contributed by atoms with van der Waals surface area (Å²) >= 11 is 3.51. The van der Waals surface area contributed by atoms with Crippen molar-refractivity contribution in [2.24, 2.45) is 5.73 Å². The Morgan fingerprint density at radius 1 is 1.19 bits per heavy atom. The van der Waals surface area contributed by atoms with Gasteiger partial charge in [-0.2, -0.15) is 5.26 Å². The first-order valence-corrected chi connectivity index (χ1v) is 7.54. The van der Waals surface area contributed by atoms with Crippen molar-refractivity contribution >= 4 is 15.9 Å². The van der Waals surface area contributed by atoms with Crippen LogP contribution in [0.25, 0.3) is 0 Å². The summed E-state index contributed by atoms with van der Waals surface area (Å²) in [7, 11) is 0. The molecule has 0 saturated heterocycles. The molecule has 108 valence electrons. The van der Waals surface area contributed by atoms with Gasteiger partial charge in [-0.3, -0.25) is 0 Å². The second kappa shape index (κ2) is 7.26. The zero-order chi connectivity index (χ0) is 15.2. The van der Waals surface area contributed by atoms with Gasteiger partial charge in [0.25, 0.3) is 0 Å². The highest BCUT2D eigenvalue weighted by Gasteiger charge is 2.04. The van der Waals surface area contributed by atoms with Gasteiger partial charge in [0.15, 0.2) is 0 Å². The number of benzene rings is 2. The maximum atomic E-state index is 8.87. The largest absolute Gasteiger partial charge is 0.489 e. The molecule has 0 saturated carbocycles. The molecule has 0 aromatic heterocycles. The van der Waals surface area contributed by atoms with Crippen LogP contribution in [0.2, 0.25) is 0 Å². The molecular formula is C17H17BrN2O. The SMILES string of the molecule is Cc1cc(C#N)ccc1COc1ccc(Br)c(CCN)c1. The van der Waals surface area contributed by atoms with E-state index in [9.17, 15) is 0 Å². The fourth-order valence-corrected chi connectivity index (χ4v) is 2.52. The molecule has 2 rings (SSSR count). The number of hydrogen-bond donors (Lipinski definition) is 1. The molecule has 0 spiro atoms. The van der Waals surface area contributed by atoms with Crippen LogP contribution >= 0.6 is 15.9 Å². The Bertz CT molecular complexity index is 677. The molecule has 3 nitrogen and oxygen atoms in total. The van der Waals surface area contributed by atoms with E-state index in [1.807, 2.05) is 43.3 Å². The molecule has 0 atom stereocenters. The number of nitriles is 1. The lowest BCUT2D eigenvalue weighted by Gasteiger charge is -2.11. The van der Waals surface area contributed by atoms with E-state index in [1.54, 1.807) is 0 Å². The van der Waals surface area contributed by atoms with Gasteiger partial charge in [-0.15, -0.1) is 0 Å². The summed E-state index contributed by atoms with van der Waals surface area (Å²) in [6.45, 7) is 3.08. The van der Waals surface area contributed by atoms with Crippen molar-refractivity contribution in [3.8, 4) is 11.8 Å². The number of nitrogens with two attached hydrogens (primary N) is 1. The third-order valence-corrected chi connectivity index (χ3v) is 4.07. The zero-order valence-electron chi connectivity index (χ0n) is 11.9. The average molecular weight is 345 g/mol. The second-order valence-electron chi connectivity index (χ2n) is 4.83. The van der Waals surface area contributed by atoms with Crippen LogP contribution in [-0.2, 0) is 13.0 Å². The molecule has 0 heterocycles. The van der Waals surface area contributed by atoms with E-state index in [2.05, 4.69) is 22.0 Å².